The number of nitrogens with zero attached hydrogens (tertiary/aromatic N) is 5. The van der Waals surface area contributed by atoms with Gasteiger partial charge in [-0.1, -0.05) is 12.1 Å². The van der Waals surface area contributed by atoms with Crippen LogP contribution in [0.1, 0.15) is 18.5 Å². The minimum atomic E-state index is 0.406. The van der Waals surface area contributed by atoms with Gasteiger partial charge in [0.15, 0.2) is 17.2 Å². The van der Waals surface area contributed by atoms with Crippen LogP contribution in [0.15, 0.2) is 61.1 Å². The van der Waals surface area contributed by atoms with Crippen LogP contribution in [0.2, 0.25) is 0 Å². The molecule has 7 heteroatoms. The molecule has 0 amide bonds. The fourth-order valence-corrected chi connectivity index (χ4v) is 3.13. The molecule has 7 nitrogen and oxygen atoms in total. The molecule has 4 aromatic rings. The summed E-state index contributed by atoms with van der Waals surface area (Å²) < 4.78 is 1.58. The van der Waals surface area contributed by atoms with Crippen LogP contribution in [0.3, 0.4) is 0 Å². The van der Waals surface area contributed by atoms with Gasteiger partial charge in [0.05, 0.1) is 11.9 Å². The third kappa shape index (κ3) is 3.12. The van der Waals surface area contributed by atoms with E-state index in [4.69, 9.17) is 0 Å². The Kier molecular flexibility index (Phi) is 3.87. The molecular formula is C21H17N7. The molecule has 0 unspecified atom stereocenters. The highest BCUT2D eigenvalue weighted by atomic mass is 15.3. The van der Waals surface area contributed by atoms with Gasteiger partial charge in [-0.05, 0) is 48.2 Å². The van der Waals surface area contributed by atoms with Gasteiger partial charge in [0.25, 0.3) is 0 Å². The summed E-state index contributed by atoms with van der Waals surface area (Å²) in [7, 11) is 0. The number of anilines is 3. The van der Waals surface area contributed by atoms with E-state index in [0.29, 0.717) is 23.2 Å². The van der Waals surface area contributed by atoms with E-state index in [2.05, 4.69) is 43.9 Å². The van der Waals surface area contributed by atoms with Gasteiger partial charge in [0.2, 0.25) is 0 Å². The molecule has 1 aliphatic rings. The van der Waals surface area contributed by atoms with Crippen molar-refractivity contribution in [3.8, 4) is 17.2 Å². The maximum atomic E-state index is 9.36. The molecule has 28 heavy (non-hydrogen) atoms. The molecule has 0 bridgehead atoms. The number of nitriles is 1. The van der Waals surface area contributed by atoms with Crippen molar-refractivity contribution in [1.29, 1.82) is 5.26 Å². The number of hydrogen-bond donors (Lipinski definition) is 2. The summed E-state index contributed by atoms with van der Waals surface area (Å²) in [5.74, 6) is 0.650. The summed E-state index contributed by atoms with van der Waals surface area (Å²) in [5.41, 5.74) is 5.05. The Labute approximate surface area is 161 Å². The lowest BCUT2D eigenvalue weighted by Gasteiger charge is -2.12. The van der Waals surface area contributed by atoms with Crippen molar-refractivity contribution in [2.45, 2.75) is 18.9 Å². The van der Waals surface area contributed by atoms with Crippen molar-refractivity contribution < 1.29 is 0 Å². The van der Waals surface area contributed by atoms with Crippen LogP contribution in [-0.2, 0) is 0 Å². The lowest BCUT2D eigenvalue weighted by Crippen LogP contribution is -2.07. The Morgan fingerprint density at radius 2 is 1.93 bits per heavy atom. The molecule has 1 fully saturated rings. The second kappa shape index (κ2) is 6.67. The molecule has 5 rings (SSSR count). The number of nitrogens with one attached hydrogen (secondary N) is 2. The van der Waals surface area contributed by atoms with Crippen molar-refractivity contribution in [3.05, 3.63) is 66.7 Å². The molecule has 3 aromatic heterocycles. The highest BCUT2D eigenvalue weighted by molar-refractivity contribution is 5.75. The van der Waals surface area contributed by atoms with E-state index in [1.807, 2.05) is 30.3 Å². The van der Waals surface area contributed by atoms with Crippen LogP contribution >= 0.6 is 0 Å². The van der Waals surface area contributed by atoms with Crippen LogP contribution in [-0.4, -0.2) is 25.6 Å². The van der Waals surface area contributed by atoms with E-state index >= 15 is 0 Å². The molecular weight excluding hydrogens is 350 g/mol. The van der Waals surface area contributed by atoms with E-state index in [0.717, 1.165) is 35.3 Å². The zero-order chi connectivity index (χ0) is 18.9. The van der Waals surface area contributed by atoms with Crippen LogP contribution < -0.4 is 10.6 Å². The summed E-state index contributed by atoms with van der Waals surface area (Å²) in [4.78, 5) is 8.43. The summed E-state index contributed by atoms with van der Waals surface area (Å²) in [6.07, 6.45) is 7.41. The van der Waals surface area contributed by atoms with Crippen LogP contribution in [0, 0.1) is 11.3 Å². The van der Waals surface area contributed by atoms with Gasteiger partial charge in [-0.3, -0.25) is 4.98 Å². The lowest BCUT2D eigenvalue weighted by atomic mass is 10.1. The molecule has 0 atom stereocenters. The van der Waals surface area contributed by atoms with Crippen LogP contribution in [0.25, 0.3) is 16.8 Å². The zero-order valence-corrected chi connectivity index (χ0v) is 15.0. The third-order valence-corrected chi connectivity index (χ3v) is 4.67. The number of fused-ring (bicyclic) bond motifs is 1. The predicted octanol–water partition coefficient (Wildman–Crippen LogP) is 3.98. The molecule has 1 aliphatic carbocycles. The summed E-state index contributed by atoms with van der Waals surface area (Å²) in [5, 5.41) is 20.8. The first-order valence-electron chi connectivity index (χ1n) is 9.13. The predicted molar refractivity (Wildman–Crippen MR) is 107 cm³/mol. The summed E-state index contributed by atoms with van der Waals surface area (Å²) >= 11 is 0. The highest BCUT2D eigenvalue weighted by Gasteiger charge is 2.23. The number of aromatic nitrogens is 4. The first-order chi connectivity index (χ1) is 13.8. The van der Waals surface area contributed by atoms with E-state index in [-0.39, 0.29) is 0 Å². The minimum absolute atomic E-state index is 0.406. The van der Waals surface area contributed by atoms with Gasteiger partial charge in [0.1, 0.15) is 6.07 Å². The minimum Gasteiger partial charge on any atom is -0.379 e. The van der Waals surface area contributed by atoms with E-state index in [1.54, 1.807) is 23.1 Å². The number of rotatable bonds is 5. The van der Waals surface area contributed by atoms with Crippen molar-refractivity contribution in [1.82, 2.24) is 19.6 Å². The molecule has 0 radical (unpaired) electrons. The van der Waals surface area contributed by atoms with Gasteiger partial charge in [-0.15, -0.1) is 5.10 Å². The normalized spacial score (nSPS) is 13.2. The third-order valence-electron chi connectivity index (χ3n) is 4.67. The molecule has 0 saturated heterocycles. The largest absolute Gasteiger partial charge is 0.379 e. The van der Waals surface area contributed by atoms with Gasteiger partial charge < -0.3 is 10.6 Å². The average Bonchev–Trinajstić information content (AvgIpc) is 3.45. The smallest absolute Gasteiger partial charge is 0.178 e. The summed E-state index contributed by atoms with van der Waals surface area (Å²) in [6, 6.07) is 16.6. The van der Waals surface area contributed by atoms with Gasteiger partial charge in [-0.2, -0.15) is 9.78 Å². The topological polar surface area (TPSA) is 90.9 Å². The number of imidazole rings is 1. The van der Waals surface area contributed by atoms with Crippen LogP contribution in [0.4, 0.5) is 17.2 Å². The monoisotopic (exact) mass is 367 g/mol. The maximum absolute atomic E-state index is 9.36. The number of pyridine rings is 1. The first-order valence-corrected chi connectivity index (χ1v) is 9.13. The molecule has 0 aliphatic heterocycles. The quantitative estimate of drug-likeness (QED) is 0.554. The SMILES string of the molecule is N#Cc1cnc2c(NC3CC3)cc(Nc3cccc(-c4ccncc4)c3)nn12. The van der Waals surface area contributed by atoms with Gasteiger partial charge in [0, 0.05) is 30.2 Å². The summed E-state index contributed by atoms with van der Waals surface area (Å²) in [6.45, 7) is 0. The Morgan fingerprint density at radius 3 is 2.71 bits per heavy atom. The Hall–Kier alpha value is -3.92. The van der Waals surface area contributed by atoms with Crippen molar-refractivity contribution in [2.24, 2.45) is 0 Å². The second-order valence-corrected chi connectivity index (χ2v) is 6.79. The molecule has 0 spiro atoms. The van der Waals surface area contributed by atoms with Crippen molar-refractivity contribution >= 4 is 22.8 Å². The molecule has 2 N–H and O–H groups in total. The van der Waals surface area contributed by atoms with E-state index in [9.17, 15) is 5.26 Å². The van der Waals surface area contributed by atoms with Gasteiger partial charge >= 0.3 is 0 Å². The fourth-order valence-electron chi connectivity index (χ4n) is 3.13. The number of benzene rings is 1. The standard InChI is InChI=1S/C21H17N7/c22-12-18-13-24-21-19(25-16-4-5-16)11-20(27-28(18)21)26-17-3-1-2-15(10-17)14-6-8-23-9-7-14/h1-3,6-11,13,16,25H,4-5H2,(H,26,27). The Balaban J connectivity index is 1.52. The fraction of sp³-hybridized carbons (Fsp3) is 0.143. The lowest BCUT2D eigenvalue weighted by molar-refractivity contribution is 0.924. The van der Waals surface area contributed by atoms with Crippen molar-refractivity contribution in [3.63, 3.8) is 0 Å². The highest BCUT2D eigenvalue weighted by Crippen LogP contribution is 2.30. The second-order valence-electron chi connectivity index (χ2n) is 6.79. The van der Waals surface area contributed by atoms with E-state index in [1.165, 1.54) is 0 Å². The molecule has 1 aromatic carbocycles. The van der Waals surface area contributed by atoms with E-state index < -0.39 is 0 Å². The first kappa shape index (κ1) is 16.3. The molecule has 1 saturated carbocycles. The zero-order valence-electron chi connectivity index (χ0n) is 15.0. The Bertz CT molecular complexity index is 1190. The van der Waals surface area contributed by atoms with Crippen molar-refractivity contribution in [2.75, 3.05) is 10.6 Å². The average molecular weight is 367 g/mol. The molecule has 136 valence electrons. The van der Waals surface area contributed by atoms with Crippen LogP contribution in [0.5, 0.6) is 0 Å². The maximum Gasteiger partial charge on any atom is 0.178 e. The Morgan fingerprint density at radius 1 is 1.07 bits per heavy atom. The van der Waals surface area contributed by atoms with Gasteiger partial charge in [-0.25, -0.2) is 4.98 Å². The number of hydrogen-bond acceptors (Lipinski definition) is 6. The molecule has 3 heterocycles.